The fourth-order valence-electron chi connectivity index (χ4n) is 3.38. The van der Waals surface area contributed by atoms with Gasteiger partial charge in [0.1, 0.15) is 10.7 Å². The van der Waals surface area contributed by atoms with Gasteiger partial charge in [0.2, 0.25) is 5.91 Å². The third-order valence-corrected chi connectivity index (χ3v) is 5.88. The topological polar surface area (TPSA) is 108 Å². The van der Waals surface area contributed by atoms with E-state index in [1.54, 1.807) is 17.9 Å². The molecule has 0 radical (unpaired) electrons. The minimum Gasteiger partial charge on any atom is -0.452 e. The number of halogens is 2. The molecule has 8 nitrogen and oxygen atoms in total. The Morgan fingerprint density at radius 2 is 1.87 bits per heavy atom. The van der Waals surface area contributed by atoms with Crippen LogP contribution in [-0.2, 0) is 20.9 Å². The number of rotatable bonds is 6. The second-order valence-electron chi connectivity index (χ2n) is 7.13. The predicted octanol–water partition coefficient (Wildman–Crippen LogP) is 2.43. The van der Waals surface area contributed by atoms with Gasteiger partial charge in [-0.05, 0) is 31.4 Å². The monoisotopic (exact) mass is 452 g/mol. The first-order chi connectivity index (χ1) is 14.3. The molecule has 10 heteroatoms. The Balaban J connectivity index is 1.61. The SMILES string of the molecule is Cc1nn(Cc2ccccc2Cl)c(Cl)c1C(=O)OCC(=O)N1CCC(C(N)=O)CC1. The standard InChI is InChI=1S/C20H22Cl2N4O4/c1-12-17(18(22)26(24-12)10-14-4-2-3-5-15(14)21)20(29)30-11-16(27)25-8-6-13(7-9-25)19(23)28/h2-5,13H,6-11H2,1H3,(H2,23,28). The molecule has 0 spiro atoms. The molecule has 3 rings (SSSR count). The van der Waals surface area contributed by atoms with E-state index in [-0.39, 0.29) is 28.4 Å². The maximum absolute atomic E-state index is 12.5. The van der Waals surface area contributed by atoms with Crippen LogP contribution >= 0.6 is 23.2 Å². The van der Waals surface area contributed by atoms with Crippen molar-refractivity contribution >= 4 is 41.0 Å². The van der Waals surface area contributed by atoms with E-state index in [0.717, 1.165) is 5.56 Å². The number of hydrogen-bond donors (Lipinski definition) is 1. The molecule has 2 heterocycles. The summed E-state index contributed by atoms with van der Waals surface area (Å²) in [5.41, 5.74) is 6.61. The normalized spacial score (nSPS) is 14.6. The summed E-state index contributed by atoms with van der Waals surface area (Å²) in [4.78, 5) is 37.6. The molecule has 1 aromatic carbocycles. The lowest BCUT2D eigenvalue weighted by atomic mass is 9.96. The highest BCUT2D eigenvalue weighted by Crippen LogP contribution is 2.24. The van der Waals surface area contributed by atoms with Crippen LogP contribution in [0.2, 0.25) is 10.2 Å². The summed E-state index contributed by atoms with van der Waals surface area (Å²) in [5, 5.41) is 4.98. The van der Waals surface area contributed by atoms with Gasteiger partial charge in [0.15, 0.2) is 6.61 Å². The zero-order chi connectivity index (χ0) is 21.8. The minimum absolute atomic E-state index is 0.115. The lowest BCUT2D eigenvalue weighted by Crippen LogP contribution is -2.43. The second kappa shape index (κ2) is 9.49. The van der Waals surface area contributed by atoms with Crippen molar-refractivity contribution in [2.45, 2.75) is 26.3 Å². The van der Waals surface area contributed by atoms with E-state index >= 15 is 0 Å². The molecule has 0 unspecified atom stereocenters. The van der Waals surface area contributed by atoms with Gasteiger partial charge in [-0.2, -0.15) is 5.10 Å². The molecule has 160 valence electrons. The Morgan fingerprint density at radius 1 is 1.20 bits per heavy atom. The van der Waals surface area contributed by atoms with Crippen molar-refractivity contribution < 1.29 is 19.1 Å². The molecule has 1 saturated heterocycles. The Hall–Kier alpha value is -2.58. The summed E-state index contributed by atoms with van der Waals surface area (Å²) in [5.74, 6) is -1.62. The number of aromatic nitrogens is 2. The fourth-order valence-corrected chi connectivity index (χ4v) is 3.89. The van der Waals surface area contributed by atoms with Crippen LogP contribution in [0.5, 0.6) is 0 Å². The van der Waals surface area contributed by atoms with Gasteiger partial charge in [-0.25, -0.2) is 9.48 Å². The van der Waals surface area contributed by atoms with Crippen molar-refractivity contribution in [3.63, 3.8) is 0 Å². The predicted molar refractivity (Wildman–Crippen MR) is 111 cm³/mol. The number of amides is 2. The zero-order valence-corrected chi connectivity index (χ0v) is 17.9. The number of nitrogens with zero attached hydrogens (tertiary/aromatic N) is 3. The van der Waals surface area contributed by atoms with E-state index < -0.39 is 12.6 Å². The van der Waals surface area contributed by atoms with Crippen LogP contribution in [0.15, 0.2) is 24.3 Å². The highest BCUT2D eigenvalue weighted by molar-refractivity contribution is 6.33. The number of carbonyl (C=O) groups excluding carboxylic acids is 3. The number of ether oxygens (including phenoxy) is 1. The molecular formula is C20H22Cl2N4O4. The highest BCUT2D eigenvalue weighted by atomic mass is 35.5. The van der Waals surface area contributed by atoms with E-state index in [2.05, 4.69) is 5.10 Å². The Kier molecular flexibility index (Phi) is 6.99. The van der Waals surface area contributed by atoms with Crippen LogP contribution in [0.4, 0.5) is 0 Å². The van der Waals surface area contributed by atoms with Crippen LogP contribution in [0, 0.1) is 12.8 Å². The smallest absolute Gasteiger partial charge is 0.343 e. The van der Waals surface area contributed by atoms with Crippen LogP contribution in [0.1, 0.15) is 34.5 Å². The Labute approximate surface area is 183 Å². The first-order valence-corrected chi connectivity index (χ1v) is 10.2. The second-order valence-corrected chi connectivity index (χ2v) is 7.90. The molecular weight excluding hydrogens is 431 g/mol. The molecule has 2 N–H and O–H groups in total. The van der Waals surface area contributed by atoms with Gasteiger partial charge in [-0.1, -0.05) is 41.4 Å². The van der Waals surface area contributed by atoms with Gasteiger partial charge in [0.05, 0.1) is 12.2 Å². The highest BCUT2D eigenvalue weighted by Gasteiger charge is 2.27. The first kappa shape index (κ1) is 22.1. The van der Waals surface area contributed by atoms with Gasteiger partial charge in [-0.15, -0.1) is 0 Å². The Bertz CT molecular complexity index is 968. The molecule has 0 aliphatic carbocycles. The summed E-state index contributed by atoms with van der Waals surface area (Å²) >= 11 is 12.5. The first-order valence-electron chi connectivity index (χ1n) is 9.48. The molecule has 1 fully saturated rings. The van der Waals surface area contributed by atoms with Gasteiger partial charge in [-0.3, -0.25) is 9.59 Å². The summed E-state index contributed by atoms with van der Waals surface area (Å²) in [6, 6.07) is 7.26. The number of piperidine rings is 1. The van der Waals surface area contributed by atoms with E-state index in [4.69, 9.17) is 33.7 Å². The Morgan fingerprint density at radius 3 is 2.50 bits per heavy atom. The summed E-state index contributed by atoms with van der Waals surface area (Å²) in [7, 11) is 0. The average molecular weight is 453 g/mol. The number of aryl methyl sites for hydroxylation is 1. The van der Waals surface area contributed by atoms with Crippen LogP contribution in [0.3, 0.4) is 0 Å². The maximum Gasteiger partial charge on any atom is 0.343 e. The third kappa shape index (κ3) is 4.94. The van der Waals surface area contributed by atoms with E-state index in [9.17, 15) is 14.4 Å². The quantitative estimate of drug-likeness (QED) is 0.676. The van der Waals surface area contributed by atoms with Crippen molar-refractivity contribution in [2.24, 2.45) is 11.7 Å². The lowest BCUT2D eigenvalue weighted by Gasteiger charge is -2.30. The minimum atomic E-state index is -0.719. The van der Waals surface area contributed by atoms with Crippen LogP contribution < -0.4 is 5.73 Å². The molecule has 1 aliphatic heterocycles. The van der Waals surface area contributed by atoms with Crippen molar-refractivity contribution in [1.82, 2.24) is 14.7 Å². The van der Waals surface area contributed by atoms with Crippen molar-refractivity contribution in [3.05, 3.63) is 51.3 Å². The van der Waals surface area contributed by atoms with Gasteiger partial charge < -0.3 is 15.4 Å². The fraction of sp³-hybridized carbons (Fsp3) is 0.400. The lowest BCUT2D eigenvalue weighted by molar-refractivity contribution is -0.137. The van der Waals surface area contributed by atoms with Crippen LogP contribution in [0.25, 0.3) is 0 Å². The van der Waals surface area contributed by atoms with Crippen molar-refractivity contribution in [3.8, 4) is 0 Å². The van der Waals surface area contributed by atoms with Crippen LogP contribution in [-0.4, -0.2) is 52.2 Å². The number of esters is 1. The molecule has 1 aromatic heterocycles. The van der Waals surface area contributed by atoms with Gasteiger partial charge in [0.25, 0.3) is 5.91 Å². The number of likely N-dealkylation sites (tertiary alicyclic amines) is 1. The summed E-state index contributed by atoms with van der Waals surface area (Å²) in [6.45, 7) is 2.33. The van der Waals surface area contributed by atoms with Gasteiger partial charge in [0, 0.05) is 24.0 Å². The number of hydrogen-bond acceptors (Lipinski definition) is 5. The third-order valence-electron chi connectivity index (χ3n) is 5.12. The maximum atomic E-state index is 12.5. The van der Waals surface area contributed by atoms with Crippen molar-refractivity contribution in [2.75, 3.05) is 19.7 Å². The summed E-state index contributed by atoms with van der Waals surface area (Å²) in [6.07, 6.45) is 1.02. The van der Waals surface area contributed by atoms with E-state index in [1.165, 1.54) is 4.68 Å². The molecule has 2 amide bonds. The molecule has 0 saturated carbocycles. The van der Waals surface area contributed by atoms with Gasteiger partial charge >= 0.3 is 5.97 Å². The average Bonchev–Trinajstić information content (AvgIpc) is 3.00. The van der Waals surface area contributed by atoms with E-state index in [1.807, 2.05) is 18.2 Å². The van der Waals surface area contributed by atoms with E-state index in [0.29, 0.717) is 43.2 Å². The molecule has 0 atom stereocenters. The molecule has 1 aliphatic rings. The number of nitrogens with two attached hydrogens (primary N) is 1. The molecule has 0 bridgehead atoms. The largest absolute Gasteiger partial charge is 0.452 e. The number of benzene rings is 1. The van der Waals surface area contributed by atoms with Crippen molar-refractivity contribution in [1.29, 1.82) is 0 Å². The molecule has 30 heavy (non-hydrogen) atoms. The molecule has 2 aromatic rings. The zero-order valence-electron chi connectivity index (χ0n) is 16.4. The number of primary amides is 1. The summed E-state index contributed by atoms with van der Waals surface area (Å²) < 4.78 is 6.64. The number of carbonyl (C=O) groups is 3.